The van der Waals surface area contributed by atoms with Gasteiger partial charge in [0.25, 0.3) is 0 Å². The van der Waals surface area contributed by atoms with E-state index in [1.807, 2.05) is 55.5 Å². The van der Waals surface area contributed by atoms with Crippen molar-refractivity contribution < 1.29 is 19.4 Å². The number of rotatable bonds is 7. The second kappa shape index (κ2) is 8.91. The molecule has 0 aliphatic carbocycles. The van der Waals surface area contributed by atoms with Gasteiger partial charge in [0, 0.05) is 0 Å². The fourth-order valence-corrected chi connectivity index (χ4v) is 2.79. The number of hydrogen-bond acceptors (Lipinski definition) is 3. The van der Waals surface area contributed by atoms with Crippen molar-refractivity contribution in [1.29, 1.82) is 0 Å². The monoisotopic (exact) mass is 374 g/mol. The van der Waals surface area contributed by atoms with Crippen LogP contribution in [-0.2, 0) is 11.4 Å². The molecule has 0 atom stereocenters. The number of carboxylic acids is 1. The molecule has 3 rings (SSSR count). The average molecular weight is 374 g/mol. The second-order valence-electron chi connectivity index (χ2n) is 6.41. The van der Waals surface area contributed by atoms with Crippen molar-refractivity contribution in [2.45, 2.75) is 13.5 Å². The van der Waals surface area contributed by atoms with E-state index in [-0.39, 0.29) is 5.57 Å². The third-order valence-corrected chi connectivity index (χ3v) is 4.33. The third kappa shape index (κ3) is 4.80. The number of hydrogen-bond donors (Lipinski definition) is 1. The van der Waals surface area contributed by atoms with Crippen LogP contribution in [0.2, 0.25) is 0 Å². The smallest absolute Gasteiger partial charge is 0.336 e. The first kappa shape index (κ1) is 19.2. The minimum atomic E-state index is -0.982. The Bertz CT molecular complexity index is 973. The van der Waals surface area contributed by atoms with E-state index in [9.17, 15) is 9.90 Å². The molecule has 0 saturated carbocycles. The van der Waals surface area contributed by atoms with Gasteiger partial charge in [-0.25, -0.2) is 4.79 Å². The predicted molar refractivity (Wildman–Crippen MR) is 110 cm³/mol. The Kier molecular flexibility index (Phi) is 6.12. The van der Waals surface area contributed by atoms with E-state index in [0.717, 1.165) is 11.1 Å². The number of methoxy groups -OCH3 is 1. The number of carbonyl (C=O) groups is 1. The quantitative estimate of drug-likeness (QED) is 0.456. The van der Waals surface area contributed by atoms with Crippen LogP contribution in [0.15, 0.2) is 72.8 Å². The number of benzene rings is 3. The molecule has 0 saturated heterocycles. The van der Waals surface area contributed by atoms with Crippen molar-refractivity contribution >= 4 is 17.6 Å². The Labute approximate surface area is 164 Å². The maximum atomic E-state index is 11.7. The Morgan fingerprint density at radius 2 is 1.68 bits per heavy atom. The van der Waals surface area contributed by atoms with Gasteiger partial charge in [-0.2, -0.15) is 0 Å². The van der Waals surface area contributed by atoms with Gasteiger partial charge in [-0.15, -0.1) is 0 Å². The molecule has 28 heavy (non-hydrogen) atoms. The first-order valence-electron chi connectivity index (χ1n) is 8.93. The summed E-state index contributed by atoms with van der Waals surface area (Å²) in [5.74, 6) is 0.181. The van der Waals surface area contributed by atoms with E-state index < -0.39 is 5.97 Å². The lowest BCUT2D eigenvalue weighted by Gasteiger charge is -2.12. The zero-order valence-electron chi connectivity index (χ0n) is 15.9. The number of ether oxygens (including phenoxy) is 2. The normalized spacial score (nSPS) is 11.1. The van der Waals surface area contributed by atoms with Crippen LogP contribution in [-0.4, -0.2) is 18.2 Å². The van der Waals surface area contributed by atoms with E-state index in [0.29, 0.717) is 23.7 Å². The Balaban J connectivity index is 1.83. The SMILES string of the molecule is COc1cc(C=C(C(=O)O)c2ccccc2)ccc1OCc1ccc(C)cc1. The van der Waals surface area contributed by atoms with Crippen molar-refractivity contribution in [3.63, 3.8) is 0 Å². The minimum Gasteiger partial charge on any atom is -0.493 e. The molecule has 0 heterocycles. The van der Waals surface area contributed by atoms with Gasteiger partial charge in [0.2, 0.25) is 0 Å². The molecule has 0 amide bonds. The first-order chi connectivity index (χ1) is 13.6. The fourth-order valence-electron chi connectivity index (χ4n) is 2.79. The molecule has 0 aliphatic heterocycles. The molecule has 0 aliphatic rings. The van der Waals surface area contributed by atoms with Crippen LogP contribution < -0.4 is 9.47 Å². The molecule has 1 N–H and O–H groups in total. The molecule has 0 radical (unpaired) electrons. The van der Waals surface area contributed by atoms with Crippen LogP contribution in [0.4, 0.5) is 0 Å². The van der Waals surface area contributed by atoms with Gasteiger partial charge in [0.05, 0.1) is 12.7 Å². The van der Waals surface area contributed by atoms with E-state index >= 15 is 0 Å². The summed E-state index contributed by atoms with van der Waals surface area (Å²) >= 11 is 0. The maximum absolute atomic E-state index is 11.7. The van der Waals surface area contributed by atoms with Crippen molar-refractivity contribution in [2.75, 3.05) is 7.11 Å². The number of aliphatic carboxylic acids is 1. The van der Waals surface area contributed by atoms with Gasteiger partial charge in [-0.3, -0.25) is 0 Å². The molecule has 3 aromatic rings. The lowest BCUT2D eigenvalue weighted by Crippen LogP contribution is -2.00. The molecule has 3 aromatic carbocycles. The summed E-state index contributed by atoms with van der Waals surface area (Å²) in [6.07, 6.45) is 1.63. The summed E-state index contributed by atoms with van der Waals surface area (Å²) in [6.45, 7) is 2.47. The highest BCUT2D eigenvalue weighted by Crippen LogP contribution is 2.30. The number of aryl methyl sites for hydroxylation is 1. The van der Waals surface area contributed by atoms with Crippen molar-refractivity contribution in [1.82, 2.24) is 0 Å². The van der Waals surface area contributed by atoms with Gasteiger partial charge in [-0.1, -0.05) is 66.2 Å². The van der Waals surface area contributed by atoms with E-state index in [1.165, 1.54) is 5.56 Å². The Morgan fingerprint density at radius 3 is 2.32 bits per heavy atom. The lowest BCUT2D eigenvalue weighted by atomic mass is 10.0. The summed E-state index contributed by atoms with van der Waals surface area (Å²) in [6, 6.07) is 22.6. The van der Waals surface area contributed by atoms with Crippen LogP contribution in [0.1, 0.15) is 22.3 Å². The van der Waals surface area contributed by atoms with Crippen molar-refractivity contribution in [2.24, 2.45) is 0 Å². The topological polar surface area (TPSA) is 55.8 Å². The maximum Gasteiger partial charge on any atom is 0.336 e. The van der Waals surface area contributed by atoms with Crippen molar-refractivity contribution in [3.05, 3.63) is 95.1 Å². The molecule has 0 fully saturated rings. The van der Waals surface area contributed by atoms with Crippen LogP contribution in [0.5, 0.6) is 11.5 Å². The molecule has 0 spiro atoms. The highest BCUT2D eigenvalue weighted by Gasteiger charge is 2.12. The van der Waals surface area contributed by atoms with Gasteiger partial charge in [-0.05, 0) is 41.8 Å². The summed E-state index contributed by atoms with van der Waals surface area (Å²) in [5.41, 5.74) is 3.85. The molecule has 0 aromatic heterocycles. The Hall–Kier alpha value is -3.53. The average Bonchev–Trinajstić information content (AvgIpc) is 2.72. The molecule has 0 unspecified atom stereocenters. The Morgan fingerprint density at radius 1 is 0.964 bits per heavy atom. The van der Waals surface area contributed by atoms with Gasteiger partial charge >= 0.3 is 5.97 Å². The van der Waals surface area contributed by atoms with Crippen molar-refractivity contribution in [3.8, 4) is 11.5 Å². The van der Waals surface area contributed by atoms with E-state index in [1.54, 1.807) is 37.5 Å². The van der Waals surface area contributed by atoms with Gasteiger partial charge in [0.15, 0.2) is 11.5 Å². The standard InChI is InChI=1S/C24H22O4/c1-17-8-10-18(11-9-17)16-28-22-13-12-19(15-23(22)27-2)14-21(24(25)26)20-6-4-3-5-7-20/h3-15H,16H2,1-2H3,(H,25,26). The third-order valence-electron chi connectivity index (χ3n) is 4.33. The summed E-state index contributed by atoms with van der Waals surface area (Å²) < 4.78 is 11.3. The molecular weight excluding hydrogens is 352 g/mol. The zero-order valence-corrected chi connectivity index (χ0v) is 15.9. The van der Waals surface area contributed by atoms with E-state index in [2.05, 4.69) is 0 Å². The van der Waals surface area contributed by atoms with Crippen LogP contribution in [0.3, 0.4) is 0 Å². The van der Waals surface area contributed by atoms with E-state index in [4.69, 9.17) is 9.47 Å². The fraction of sp³-hybridized carbons (Fsp3) is 0.125. The summed E-state index contributed by atoms with van der Waals surface area (Å²) in [4.78, 5) is 11.7. The van der Waals surface area contributed by atoms with Gasteiger partial charge < -0.3 is 14.6 Å². The highest BCUT2D eigenvalue weighted by molar-refractivity contribution is 6.20. The van der Waals surface area contributed by atoms with Crippen LogP contribution >= 0.6 is 0 Å². The molecular formula is C24H22O4. The molecule has 142 valence electrons. The van der Waals surface area contributed by atoms with Crippen LogP contribution in [0, 0.1) is 6.92 Å². The second-order valence-corrected chi connectivity index (χ2v) is 6.41. The molecule has 4 nitrogen and oxygen atoms in total. The van der Waals surface area contributed by atoms with Gasteiger partial charge in [0.1, 0.15) is 6.61 Å². The van der Waals surface area contributed by atoms with Crippen LogP contribution in [0.25, 0.3) is 11.6 Å². The zero-order chi connectivity index (χ0) is 19.9. The largest absolute Gasteiger partial charge is 0.493 e. The molecule has 0 bridgehead atoms. The highest BCUT2D eigenvalue weighted by atomic mass is 16.5. The summed E-state index contributed by atoms with van der Waals surface area (Å²) in [7, 11) is 1.57. The predicted octanol–water partition coefficient (Wildman–Crippen LogP) is 5.21. The lowest BCUT2D eigenvalue weighted by molar-refractivity contribution is -0.130. The minimum absolute atomic E-state index is 0.218. The first-order valence-corrected chi connectivity index (χ1v) is 8.93. The summed E-state index contributed by atoms with van der Waals surface area (Å²) in [5, 5.41) is 9.57. The molecule has 4 heteroatoms. The number of carboxylic acid groups (broad SMARTS) is 1.